The number of hydrogen-bond donors (Lipinski definition) is 1. The summed E-state index contributed by atoms with van der Waals surface area (Å²) < 4.78 is 0. The van der Waals surface area contributed by atoms with Crippen molar-refractivity contribution in [1.82, 2.24) is 5.32 Å². The average molecular weight is 253 g/mol. The van der Waals surface area contributed by atoms with Gasteiger partial charge in [0.05, 0.1) is 0 Å². The van der Waals surface area contributed by atoms with Gasteiger partial charge in [0.15, 0.2) is 0 Å². The summed E-state index contributed by atoms with van der Waals surface area (Å²) >= 11 is 5.92. The van der Waals surface area contributed by atoms with Gasteiger partial charge in [0.25, 0.3) is 0 Å². The average Bonchev–Trinajstić information content (AvgIpc) is 2.27. The van der Waals surface area contributed by atoms with E-state index in [4.69, 9.17) is 11.6 Å². The molecule has 0 saturated carbocycles. The molecule has 0 bridgehead atoms. The summed E-state index contributed by atoms with van der Waals surface area (Å²) in [5.41, 5.74) is 0.778. The zero-order chi connectivity index (χ0) is 12.6. The zero-order valence-corrected chi connectivity index (χ0v) is 10.4. The van der Waals surface area contributed by atoms with Gasteiger partial charge in [0.1, 0.15) is 12.1 Å². The molecule has 4 nitrogen and oxygen atoms in total. The fourth-order valence-electron chi connectivity index (χ4n) is 2.00. The lowest BCUT2D eigenvalue weighted by atomic mass is 10.1. The van der Waals surface area contributed by atoms with Crippen molar-refractivity contribution in [2.75, 3.05) is 4.90 Å². The maximum atomic E-state index is 11.6. The highest BCUT2D eigenvalue weighted by Gasteiger charge is 2.36. The van der Waals surface area contributed by atoms with Crippen LogP contribution in [0.5, 0.6) is 0 Å². The largest absolute Gasteiger partial charge is 0.348 e. The molecule has 0 radical (unpaired) electrons. The summed E-state index contributed by atoms with van der Waals surface area (Å²) in [5.74, 6) is -0.568. The summed E-state index contributed by atoms with van der Waals surface area (Å²) in [4.78, 5) is 25.0. The number of imide groups is 1. The van der Waals surface area contributed by atoms with Gasteiger partial charge < -0.3 is 4.90 Å². The lowest BCUT2D eigenvalue weighted by molar-refractivity contribution is -0.134. The molecule has 0 aliphatic carbocycles. The van der Waals surface area contributed by atoms with Crippen LogP contribution in [0.15, 0.2) is 24.3 Å². The van der Waals surface area contributed by atoms with Gasteiger partial charge in [-0.1, -0.05) is 17.7 Å². The Kier molecular flexibility index (Phi) is 3.07. The topological polar surface area (TPSA) is 49.4 Å². The Balaban J connectivity index is 2.40. The summed E-state index contributed by atoms with van der Waals surface area (Å²) in [6.45, 7) is 3.53. The number of carbonyl (C=O) groups is 2. The van der Waals surface area contributed by atoms with Gasteiger partial charge in [-0.05, 0) is 32.0 Å². The first kappa shape index (κ1) is 11.9. The number of piperazine rings is 1. The minimum atomic E-state index is -0.388. The van der Waals surface area contributed by atoms with Gasteiger partial charge in [0.2, 0.25) is 11.8 Å². The predicted molar refractivity (Wildman–Crippen MR) is 66.0 cm³/mol. The summed E-state index contributed by atoms with van der Waals surface area (Å²) in [6.07, 6.45) is 0. The first-order valence-corrected chi connectivity index (χ1v) is 5.77. The van der Waals surface area contributed by atoms with Gasteiger partial charge in [0, 0.05) is 10.7 Å². The number of benzene rings is 1. The monoisotopic (exact) mass is 252 g/mol. The maximum Gasteiger partial charge on any atom is 0.249 e. The highest BCUT2D eigenvalue weighted by molar-refractivity contribution is 6.30. The number of nitrogens with one attached hydrogen (secondary N) is 1. The predicted octanol–water partition coefficient (Wildman–Crippen LogP) is 1.58. The fraction of sp³-hybridized carbons (Fsp3) is 0.333. The Morgan fingerprint density at radius 2 is 1.76 bits per heavy atom. The van der Waals surface area contributed by atoms with E-state index in [1.165, 1.54) is 0 Å². The van der Waals surface area contributed by atoms with Gasteiger partial charge in [-0.25, -0.2) is 0 Å². The Bertz CT molecular complexity index is 455. The van der Waals surface area contributed by atoms with E-state index in [1.807, 2.05) is 6.07 Å². The molecule has 1 fully saturated rings. The van der Waals surface area contributed by atoms with E-state index in [0.717, 1.165) is 5.69 Å². The Labute approximate surface area is 105 Å². The van der Waals surface area contributed by atoms with Crippen LogP contribution in [0.4, 0.5) is 5.69 Å². The third kappa shape index (κ3) is 2.13. The minimum absolute atomic E-state index is 0.284. The van der Waals surface area contributed by atoms with E-state index in [2.05, 4.69) is 5.32 Å². The number of anilines is 1. The Hall–Kier alpha value is -1.55. The van der Waals surface area contributed by atoms with E-state index in [-0.39, 0.29) is 23.9 Å². The number of hydrogen-bond acceptors (Lipinski definition) is 3. The van der Waals surface area contributed by atoms with Crippen molar-refractivity contribution in [3.8, 4) is 0 Å². The number of halogens is 1. The van der Waals surface area contributed by atoms with Crippen LogP contribution in [-0.4, -0.2) is 23.9 Å². The van der Waals surface area contributed by atoms with Crippen LogP contribution in [-0.2, 0) is 9.59 Å². The first-order chi connectivity index (χ1) is 8.00. The van der Waals surface area contributed by atoms with E-state index in [1.54, 1.807) is 36.9 Å². The van der Waals surface area contributed by atoms with Crippen molar-refractivity contribution in [3.63, 3.8) is 0 Å². The van der Waals surface area contributed by atoms with Crippen LogP contribution in [0.1, 0.15) is 13.8 Å². The molecule has 2 atom stereocenters. The molecule has 1 heterocycles. The standard InChI is InChI=1S/C12H13ClN2O2/c1-7-11(16)14-12(17)8(2)15(7)10-5-3-4-9(13)6-10/h3-8H,1-2H3,(H,14,16,17). The van der Waals surface area contributed by atoms with Crippen LogP contribution in [0.25, 0.3) is 0 Å². The van der Waals surface area contributed by atoms with Crippen LogP contribution in [0.3, 0.4) is 0 Å². The molecule has 2 amide bonds. The molecule has 0 aromatic heterocycles. The second-order valence-electron chi connectivity index (χ2n) is 4.09. The van der Waals surface area contributed by atoms with Gasteiger partial charge in [-0.15, -0.1) is 0 Å². The van der Waals surface area contributed by atoms with Crippen LogP contribution in [0.2, 0.25) is 5.02 Å². The first-order valence-electron chi connectivity index (χ1n) is 5.39. The van der Waals surface area contributed by atoms with Crippen molar-refractivity contribution in [2.24, 2.45) is 0 Å². The van der Waals surface area contributed by atoms with E-state index in [9.17, 15) is 9.59 Å². The number of amides is 2. The summed E-state index contributed by atoms with van der Waals surface area (Å²) in [6, 6.07) is 6.37. The minimum Gasteiger partial charge on any atom is -0.348 e. The molecule has 1 aliphatic rings. The lowest BCUT2D eigenvalue weighted by Crippen LogP contribution is -2.61. The molecular weight excluding hydrogens is 240 g/mol. The second-order valence-corrected chi connectivity index (χ2v) is 4.53. The molecular formula is C12H13ClN2O2. The van der Waals surface area contributed by atoms with Crippen molar-refractivity contribution in [1.29, 1.82) is 0 Å². The molecule has 1 aliphatic heterocycles. The molecule has 90 valence electrons. The van der Waals surface area contributed by atoms with Crippen molar-refractivity contribution in [2.45, 2.75) is 25.9 Å². The number of rotatable bonds is 1. The molecule has 2 unspecified atom stereocenters. The van der Waals surface area contributed by atoms with E-state index in [0.29, 0.717) is 5.02 Å². The molecule has 0 spiro atoms. The fourth-order valence-corrected chi connectivity index (χ4v) is 2.19. The third-order valence-corrected chi connectivity index (χ3v) is 3.18. The van der Waals surface area contributed by atoms with E-state index >= 15 is 0 Å². The normalized spacial score (nSPS) is 24.8. The number of carbonyl (C=O) groups excluding carboxylic acids is 2. The summed E-state index contributed by atoms with van der Waals surface area (Å²) in [7, 11) is 0. The van der Waals surface area contributed by atoms with Crippen molar-refractivity contribution in [3.05, 3.63) is 29.3 Å². The molecule has 2 rings (SSSR count). The van der Waals surface area contributed by atoms with Gasteiger partial charge in [-0.2, -0.15) is 0 Å². The lowest BCUT2D eigenvalue weighted by Gasteiger charge is -2.38. The molecule has 17 heavy (non-hydrogen) atoms. The molecule has 1 aromatic carbocycles. The highest BCUT2D eigenvalue weighted by atomic mass is 35.5. The molecule has 5 heteroatoms. The van der Waals surface area contributed by atoms with Crippen LogP contribution >= 0.6 is 11.6 Å². The SMILES string of the molecule is CC1C(=O)NC(=O)C(C)N1c1cccc(Cl)c1. The van der Waals surface area contributed by atoms with Crippen LogP contribution < -0.4 is 10.2 Å². The maximum absolute atomic E-state index is 11.6. The Morgan fingerprint density at radius 3 is 2.29 bits per heavy atom. The smallest absolute Gasteiger partial charge is 0.249 e. The second kappa shape index (κ2) is 4.37. The third-order valence-electron chi connectivity index (χ3n) is 2.95. The quantitative estimate of drug-likeness (QED) is 0.772. The molecule has 1 saturated heterocycles. The van der Waals surface area contributed by atoms with Gasteiger partial charge in [-0.3, -0.25) is 14.9 Å². The van der Waals surface area contributed by atoms with E-state index < -0.39 is 0 Å². The zero-order valence-electron chi connectivity index (χ0n) is 9.61. The van der Waals surface area contributed by atoms with Crippen molar-refractivity contribution < 1.29 is 9.59 Å². The number of nitrogens with zero attached hydrogens (tertiary/aromatic N) is 1. The molecule has 1 N–H and O–H groups in total. The van der Waals surface area contributed by atoms with Crippen molar-refractivity contribution >= 4 is 29.1 Å². The summed E-state index contributed by atoms with van der Waals surface area (Å²) in [5, 5.41) is 2.92. The highest BCUT2D eigenvalue weighted by Crippen LogP contribution is 2.25. The van der Waals surface area contributed by atoms with Gasteiger partial charge >= 0.3 is 0 Å². The van der Waals surface area contributed by atoms with Crippen LogP contribution in [0, 0.1) is 0 Å². The molecule has 1 aromatic rings. The Morgan fingerprint density at radius 1 is 1.18 bits per heavy atom.